The monoisotopic (exact) mass is 382 g/mol. The van der Waals surface area contributed by atoms with Crippen molar-refractivity contribution >= 4 is 39.0 Å². The molecular formula is C15H18N4O4S2. The first-order valence-electron chi connectivity index (χ1n) is 7.21. The summed E-state index contributed by atoms with van der Waals surface area (Å²) in [6, 6.07) is 9.23. The van der Waals surface area contributed by atoms with Gasteiger partial charge in [-0.15, -0.1) is 11.3 Å². The maximum Gasteiger partial charge on any atom is 0.316 e. The number of carbonyl (C=O) groups excluding carboxylic acids is 2. The molecule has 0 radical (unpaired) electrons. The standard InChI is InChI=1S/C15H18N4O4S2/c1-19(25(22,23)14-3-2-8-24-14)10-13(20)17-9-11-4-6-12(7-5-11)18-15(16)21/h2-8H,9-10H2,1H3,(H,17,20)(H3,16,18,21). The van der Waals surface area contributed by atoms with Gasteiger partial charge in [-0.2, -0.15) is 4.31 Å². The van der Waals surface area contributed by atoms with Crippen LogP contribution in [0.3, 0.4) is 0 Å². The Kier molecular flexibility index (Phi) is 6.12. The second-order valence-corrected chi connectivity index (χ2v) is 8.38. The number of urea groups is 1. The van der Waals surface area contributed by atoms with Gasteiger partial charge in [0.2, 0.25) is 5.91 Å². The van der Waals surface area contributed by atoms with Crippen LogP contribution in [0.5, 0.6) is 0 Å². The minimum atomic E-state index is -3.65. The zero-order valence-corrected chi connectivity index (χ0v) is 15.1. The number of nitrogens with zero attached hydrogens (tertiary/aromatic N) is 1. The number of amides is 3. The van der Waals surface area contributed by atoms with Gasteiger partial charge in [-0.25, -0.2) is 13.2 Å². The molecule has 0 fully saturated rings. The normalized spacial score (nSPS) is 11.3. The molecule has 0 bridgehead atoms. The molecule has 0 aliphatic carbocycles. The molecule has 3 amide bonds. The zero-order chi connectivity index (χ0) is 18.4. The number of thiophene rings is 1. The SMILES string of the molecule is CN(CC(=O)NCc1ccc(NC(N)=O)cc1)S(=O)(=O)c1cccs1. The van der Waals surface area contributed by atoms with Crippen LogP contribution < -0.4 is 16.4 Å². The Balaban J connectivity index is 1.87. The van der Waals surface area contributed by atoms with E-state index in [2.05, 4.69) is 10.6 Å². The van der Waals surface area contributed by atoms with Crippen LogP contribution in [0.15, 0.2) is 46.0 Å². The Hall–Kier alpha value is -2.43. The molecule has 8 nitrogen and oxygen atoms in total. The highest BCUT2D eigenvalue weighted by atomic mass is 32.2. The number of benzene rings is 1. The number of nitrogens with two attached hydrogens (primary N) is 1. The molecular weight excluding hydrogens is 364 g/mol. The van der Waals surface area contributed by atoms with Crippen LogP contribution in [0.1, 0.15) is 5.56 Å². The van der Waals surface area contributed by atoms with E-state index in [1.807, 2.05) is 0 Å². The molecule has 2 rings (SSSR count). The van der Waals surface area contributed by atoms with Gasteiger partial charge in [-0.3, -0.25) is 4.79 Å². The molecule has 0 saturated heterocycles. The van der Waals surface area contributed by atoms with E-state index in [1.165, 1.54) is 13.1 Å². The van der Waals surface area contributed by atoms with Crippen LogP contribution in [-0.4, -0.2) is 38.3 Å². The van der Waals surface area contributed by atoms with Gasteiger partial charge in [0.25, 0.3) is 10.0 Å². The van der Waals surface area contributed by atoms with Crippen molar-refractivity contribution in [2.45, 2.75) is 10.8 Å². The number of likely N-dealkylation sites (N-methyl/N-ethyl adjacent to an activating group) is 1. The average molecular weight is 382 g/mol. The third-order valence-electron chi connectivity index (χ3n) is 3.24. The second-order valence-electron chi connectivity index (χ2n) is 5.16. The van der Waals surface area contributed by atoms with Gasteiger partial charge in [-0.1, -0.05) is 18.2 Å². The highest BCUT2D eigenvalue weighted by Gasteiger charge is 2.23. The predicted octanol–water partition coefficient (Wildman–Crippen LogP) is 1.18. The molecule has 1 aromatic carbocycles. The van der Waals surface area contributed by atoms with Crippen LogP contribution >= 0.6 is 11.3 Å². The Bertz CT molecular complexity index is 833. The number of primary amides is 1. The number of hydrogen-bond donors (Lipinski definition) is 3. The Morgan fingerprint density at radius 1 is 1.20 bits per heavy atom. The largest absolute Gasteiger partial charge is 0.351 e. The van der Waals surface area contributed by atoms with Crippen LogP contribution in [0.4, 0.5) is 10.5 Å². The Labute approximate surface area is 149 Å². The van der Waals surface area contributed by atoms with Crippen LogP contribution in [0.25, 0.3) is 0 Å². The van der Waals surface area contributed by atoms with E-state index in [4.69, 9.17) is 5.73 Å². The lowest BCUT2D eigenvalue weighted by Crippen LogP contribution is -2.37. The number of nitrogens with one attached hydrogen (secondary N) is 2. The summed E-state index contributed by atoms with van der Waals surface area (Å²) in [5.41, 5.74) is 6.36. The summed E-state index contributed by atoms with van der Waals surface area (Å²) in [7, 11) is -2.29. The lowest BCUT2D eigenvalue weighted by Gasteiger charge is -2.15. The molecule has 25 heavy (non-hydrogen) atoms. The molecule has 1 aromatic heterocycles. The summed E-state index contributed by atoms with van der Waals surface area (Å²) in [5, 5.41) is 6.75. The summed E-state index contributed by atoms with van der Waals surface area (Å²) in [6.07, 6.45) is 0. The molecule has 1 heterocycles. The van der Waals surface area contributed by atoms with Crippen molar-refractivity contribution in [3.8, 4) is 0 Å². The van der Waals surface area contributed by atoms with Crippen LogP contribution in [-0.2, 0) is 21.4 Å². The second kappa shape index (κ2) is 8.10. The Morgan fingerprint density at radius 3 is 2.44 bits per heavy atom. The molecule has 0 saturated carbocycles. The zero-order valence-electron chi connectivity index (χ0n) is 13.4. The fourth-order valence-corrected chi connectivity index (χ4v) is 4.28. The van der Waals surface area contributed by atoms with Gasteiger partial charge < -0.3 is 16.4 Å². The third kappa shape index (κ3) is 5.28. The van der Waals surface area contributed by atoms with Crippen LogP contribution in [0, 0.1) is 0 Å². The highest BCUT2D eigenvalue weighted by molar-refractivity contribution is 7.91. The van der Waals surface area contributed by atoms with E-state index < -0.39 is 22.0 Å². The number of rotatable bonds is 7. The van der Waals surface area contributed by atoms with Gasteiger partial charge in [0.1, 0.15) is 4.21 Å². The minimum absolute atomic E-state index is 0.195. The summed E-state index contributed by atoms with van der Waals surface area (Å²) < 4.78 is 25.7. The molecule has 0 spiro atoms. The first-order valence-corrected chi connectivity index (χ1v) is 9.53. The maximum atomic E-state index is 12.2. The number of hydrogen-bond acceptors (Lipinski definition) is 5. The van der Waals surface area contributed by atoms with Gasteiger partial charge in [0.15, 0.2) is 0 Å². The fourth-order valence-electron chi connectivity index (χ4n) is 1.96. The summed E-state index contributed by atoms with van der Waals surface area (Å²) in [4.78, 5) is 22.7. The lowest BCUT2D eigenvalue weighted by atomic mass is 10.2. The molecule has 0 aliphatic rings. The van der Waals surface area contributed by atoms with E-state index in [0.29, 0.717) is 5.69 Å². The Morgan fingerprint density at radius 2 is 1.88 bits per heavy atom. The van der Waals surface area contributed by atoms with E-state index in [0.717, 1.165) is 21.2 Å². The molecule has 0 atom stereocenters. The van der Waals surface area contributed by atoms with Gasteiger partial charge >= 0.3 is 6.03 Å². The van der Waals surface area contributed by atoms with Crippen molar-refractivity contribution in [2.75, 3.05) is 18.9 Å². The fraction of sp³-hybridized carbons (Fsp3) is 0.200. The average Bonchev–Trinajstić information content (AvgIpc) is 3.09. The van der Waals surface area contributed by atoms with Crippen molar-refractivity contribution < 1.29 is 18.0 Å². The molecule has 0 aliphatic heterocycles. The topological polar surface area (TPSA) is 122 Å². The van der Waals surface area contributed by atoms with Crippen molar-refractivity contribution in [3.05, 3.63) is 47.3 Å². The van der Waals surface area contributed by atoms with Crippen molar-refractivity contribution in [1.82, 2.24) is 9.62 Å². The lowest BCUT2D eigenvalue weighted by molar-refractivity contribution is -0.121. The quantitative estimate of drug-likeness (QED) is 0.665. The minimum Gasteiger partial charge on any atom is -0.351 e. The van der Waals surface area contributed by atoms with Crippen molar-refractivity contribution in [3.63, 3.8) is 0 Å². The molecule has 0 unspecified atom stereocenters. The van der Waals surface area contributed by atoms with E-state index >= 15 is 0 Å². The van der Waals surface area contributed by atoms with E-state index in [-0.39, 0.29) is 17.3 Å². The summed E-state index contributed by atoms with van der Waals surface area (Å²) in [6.45, 7) is -0.0376. The first kappa shape index (κ1) is 18.9. The maximum absolute atomic E-state index is 12.2. The predicted molar refractivity (Wildman–Crippen MR) is 95.6 cm³/mol. The number of sulfonamides is 1. The number of carbonyl (C=O) groups is 2. The highest BCUT2D eigenvalue weighted by Crippen LogP contribution is 2.19. The van der Waals surface area contributed by atoms with E-state index in [9.17, 15) is 18.0 Å². The van der Waals surface area contributed by atoms with E-state index in [1.54, 1.807) is 35.7 Å². The van der Waals surface area contributed by atoms with Gasteiger partial charge in [-0.05, 0) is 29.1 Å². The molecule has 2 aromatic rings. The van der Waals surface area contributed by atoms with Gasteiger partial charge in [0.05, 0.1) is 6.54 Å². The van der Waals surface area contributed by atoms with Crippen LogP contribution in [0.2, 0.25) is 0 Å². The van der Waals surface area contributed by atoms with Crippen molar-refractivity contribution in [1.29, 1.82) is 0 Å². The smallest absolute Gasteiger partial charge is 0.316 e. The van der Waals surface area contributed by atoms with Crippen molar-refractivity contribution in [2.24, 2.45) is 5.73 Å². The molecule has 4 N–H and O–H groups in total. The summed E-state index contributed by atoms with van der Waals surface area (Å²) in [5.74, 6) is -0.415. The molecule has 134 valence electrons. The van der Waals surface area contributed by atoms with Gasteiger partial charge in [0, 0.05) is 19.3 Å². The first-order chi connectivity index (χ1) is 11.8. The summed E-state index contributed by atoms with van der Waals surface area (Å²) >= 11 is 1.10. The molecule has 10 heteroatoms. The third-order valence-corrected chi connectivity index (χ3v) is 6.41. The number of anilines is 1.